The van der Waals surface area contributed by atoms with Gasteiger partial charge in [-0.1, -0.05) is 6.92 Å². The number of ether oxygens (including phenoxy) is 2. The molecule has 0 heterocycles. The summed E-state index contributed by atoms with van der Waals surface area (Å²) in [6, 6.07) is -0.609. The second-order valence-corrected chi connectivity index (χ2v) is 2.87. The molecule has 2 N–H and O–H groups in total. The summed E-state index contributed by atoms with van der Waals surface area (Å²) in [5.74, 6) is -0.876. The lowest BCUT2D eigenvalue weighted by molar-refractivity contribution is -0.141. The summed E-state index contributed by atoms with van der Waals surface area (Å²) in [4.78, 5) is 10.6. The molecule has 14 heavy (non-hydrogen) atoms. The minimum Gasteiger partial charge on any atom is -0.480 e. The first kappa shape index (κ1) is 13.4. The normalized spacial score (nSPS) is 12.7. The van der Waals surface area contributed by atoms with E-state index in [1.807, 2.05) is 6.92 Å². The number of methoxy groups -OCH3 is 1. The van der Waals surface area contributed by atoms with Crippen LogP contribution in [0, 0.1) is 0 Å². The van der Waals surface area contributed by atoms with Crippen LogP contribution < -0.4 is 5.32 Å². The van der Waals surface area contributed by atoms with Gasteiger partial charge >= 0.3 is 5.97 Å². The maximum atomic E-state index is 10.6. The second-order valence-electron chi connectivity index (χ2n) is 2.87. The van der Waals surface area contributed by atoms with E-state index in [0.29, 0.717) is 19.8 Å². The van der Waals surface area contributed by atoms with E-state index in [4.69, 9.17) is 14.6 Å². The van der Waals surface area contributed by atoms with Gasteiger partial charge < -0.3 is 19.9 Å². The van der Waals surface area contributed by atoms with E-state index in [1.165, 1.54) is 0 Å². The van der Waals surface area contributed by atoms with Crippen LogP contribution in [0.4, 0.5) is 0 Å². The predicted octanol–water partition coefficient (Wildman–Crippen LogP) is 0.102. The number of rotatable bonds is 9. The monoisotopic (exact) mass is 205 g/mol. The Hall–Kier alpha value is -0.650. The zero-order valence-corrected chi connectivity index (χ0v) is 8.78. The third-order valence-electron chi connectivity index (χ3n) is 1.67. The molecule has 1 unspecified atom stereocenters. The Labute approximate surface area is 84.4 Å². The van der Waals surface area contributed by atoms with Crippen LogP contribution in [-0.4, -0.2) is 50.6 Å². The fraction of sp³-hybridized carbons (Fsp3) is 0.889. The minimum absolute atomic E-state index is 0.201. The molecule has 0 amide bonds. The Kier molecular flexibility index (Phi) is 8.51. The lowest BCUT2D eigenvalue weighted by Gasteiger charge is -2.12. The third-order valence-corrected chi connectivity index (χ3v) is 1.67. The first-order valence-electron chi connectivity index (χ1n) is 4.75. The molecule has 0 spiro atoms. The lowest BCUT2D eigenvalue weighted by Crippen LogP contribution is -2.40. The Balaban J connectivity index is 3.46. The van der Waals surface area contributed by atoms with Gasteiger partial charge in [-0.25, -0.2) is 0 Å². The predicted molar refractivity (Wildman–Crippen MR) is 52.4 cm³/mol. The summed E-state index contributed by atoms with van der Waals surface area (Å²) in [6.45, 7) is 3.86. The first-order chi connectivity index (χ1) is 6.72. The Morgan fingerprint density at radius 1 is 1.50 bits per heavy atom. The van der Waals surface area contributed by atoms with E-state index in [0.717, 1.165) is 6.42 Å². The molecule has 0 aromatic carbocycles. The Morgan fingerprint density at radius 3 is 2.71 bits per heavy atom. The molecular weight excluding hydrogens is 186 g/mol. The van der Waals surface area contributed by atoms with Crippen LogP contribution in [0.3, 0.4) is 0 Å². The van der Waals surface area contributed by atoms with Crippen LogP contribution >= 0.6 is 0 Å². The van der Waals surface area contributed by atoms with Crippen molar-refractivity contribution in [2.75, 3.05) is 33.5 Å². The van der Waals surface area contributed by atoms with Gasteiger partial charge in [-0.2, -0.15) is 0 Å². The highest BCUT2D eigenvalue weighted by Crippen LogP contribution is 1.89. The summed E-state index contributed by atoms with van der Waals surface area (Å²) in [5, 5.41) is 11.6. The summed E-state index contributed by atoms with van der Waals surface area (Å²) < 4.78 is 10.0. The van der Waals surface area contributed by atoms with E-state index >= 15 is 0 Å². The molecule has 0 bridgehead atoms. The van der Waals surface area contributed by atoms with E-state index in [1.54, 1.807) is 7.11 Å². The van der Waals surface area contributed by atoms with E-state index in [2.05, 4.69) is 5.32 Å². The van der Waals surface area contributed by atoms with Crippen LogP contribution in [0.1, 0.15) is 13.3 Å². The van der Waals surface area contributed by atoms with Gasteiger partial charge in [-0.15, -0.1) is 0 Å². The van der Waals surface area contributed by atoms with Gasteiger partial charge in [0.15, 0.2) is 0 Å². The topological polar surface area (TPSA) is 67.8 Å². The highest BCUT2D eigenvalue weighted by Gasteiger charge is 2.15. The highest BCUT2D eigenvalue weighted by atomic mass is 16.5. The van der Waals surface area contributed by atoms with Crippen molar-refractivity contribution in [1.29, 1.82) is 0 Å². The zero-order valence-electron chi connectivity index (χ0n) is 8.78. The number of hydrogen-bond acceptors (Lipinski definition) is 4. The van der Waals surface area contributed by atoms with Crippen molar-refractivity contribution in [2.24, 2.45) is 0 Å². The largest absolute Gasteiger partial charge is 0.480 e. The quantitative estimate of drug-likeness (QED) is 0.523. The molecule has 1 atom stereocenters. The number of carboxylic acid groups (broad SMARTS) is 1. The number of carboxylic acids is 1. The Morgan fingerprint density at radius 2 is 2.21 bits per heavy atom. The number of carbonyl (C=O) groups is 1. The average molecular weight is 205 g/mol. The summed E-state index contributed by atoms with van der Waals surface area (Å²) in [7, 11) is 1.62. The summed E-state index contributed by atoms with van der Waals surface area (Å²) >= 11 is 0. The summed E-state index contributed by atoms with van der Waals surface area (Å²) in [6.07, 6.45) is 0.787. The number of hydrogen-bond donors (Lipinski definition) is 2. The van der Waals surface area contributed by atoms with Gasteiger partial charge in [0.1, 0.15) is 6.04 Å². The molecule has 0 rings (SSSR count). The van der Waals surface area contributed by atoms with Gasteiger partial charge in [-0.3, -0.25) is 4.79 Å². The molecule has 5 nitrogen and oxygen atoms in total. The molecule has 0 aromatic heterocycles. The number of aliphatic carboxylic acids is 1. The fourth-order valence-electron chi connectivity index (χ4n) is 0.970. The van der Waals surface area contributed by atoms with Gasteiger partial charge in [0.2, 0.25) is 0 Å². The lowest BCUT2D eigenvalue weighted by atomic mass is 10.3. The van der Waals surface area contributed by atoms with Crippen LogP contribution in [0.25, 0.3) is 0 Å². The van der Waals surface area contributed by atoms with Crippen LogP contribution in [0.5, 0.6) is 0 Å². The van der Waals surface area contributed by atoms with Gasteiger partial charge in [0.05, 0.1) is 6.61 Å². The molecule has 0 aliphatic carbocycles. The van der Waals surface area contributed by atoms with E-state index in [-0.39, 0.29) is 6.61 Å². The molecule has 5 heteroatoms. The van der Waals surface area contributed by atoms with Crippen LogP contribution in [0.15, 0.2) is 0 Å². The molecule has 0 saturated carbocycles. The average Bonchev–Trinajstić information content (AvgIpc) is 2.15. The van der Waals surface area contributed by atoms with Crippen molar-refractivity contribution in [3.63, 3.8) is 0 Å². The number of likely N-dealkylation sites (N-methyl/N-ethyl adjacent to an activating group) is 1. The smallest absolute Gasteiger partial charge is 0.323 e. The van der Waals surface area contributed by atoms with Gasteiger partial charge in [0, 0.05) is 20.3 Å². The first-order valence-corrected chi connectivity index (χ1v) is 4.75. The third kappa shape index (κ3) is 6.82. The van der Waals surface area contributed by atoms with Crippen molar-refractivity contribution in [2.45, 2.75) is 19.4 Å². The second kappa shape index (κ2) is 8.93. The van der Waals surface area contributed by atoms with Crippen molar-refractivity contribution in [1.82, 2.24) is 5.32 Å². The van der Waals surface area contributed by atoms with E-state index in [9.17, 15) is 4.79 Å². The van der Waals surface area contributed by atoms with Gasteiger partial charge in [-0.05, 0) is 13.0 Å². The standard InChI is InChI=1S/C9H19NO4/c1-3-10-8(9(11)12)7-14-6-4-5-13-2/h8,10H,3-7H2,1-2H3,(H,11,12). The minimum atomic E-state index is -0.876. The van der Waals surface area contributed by atoms with Crippen molar-refractivity contribution in [3.8, 4) is 0 Å². The van der Waals surface area contributed by atoms with Crippen molar-refractivity contribution in [3.05, 3.63) is 0 Å². The van der Waals surface area contributed by atoms with E-state index < -0.39 is 12.0 Å². The summed E-state index contributed by atoms with van der Waals surface area (Å²) in [5.41, 5.74) is 0. The SMILES string of the molecule is CCNC(COCCCOC)C(=O)O. The van der Waals surface area contributed by atoms with Crippen molar-refractivity contribution >= 4 is 5.97 Å². The fourth-order valence-corrected chi connectivity index (χ4v) is 0.970. The zero-order chi connectivity index (χ0) is 10.8. The molecule has 0 radical (unpaired) electrons. The maximum Gasteiger partial charge on any atom is 0.323 e. The van der Waals surface area contributed by atoms with Gasteiger partial charge in [0.25, 0.3) is 0 Å². The molecule has 0 aliphatic rings. The molecule has 0 aromatic rings. The maximum absolute atomic E-state index is 10.6. The highest BCUT2D eigenvalue weighted by molar-refractivity contribution is 5.73. The Bertz CT molecular complexity index is 152. The van der Waals surface area contributed by atoms with Crippen LogP contribution in [0.2, 0.25) is 0 Å². The molecule has 84 valence electrons. The molecule has 0 aliphatic heterocycles. The molecule has 0 fully saturated rings. The number of nitrogens with one attached hydrogen (secondary N) is 1. The molecular formula is C9H19NO4. The molecule has 0 saturated heterocycles. The van der Waals surface area contributed by atoms with Crippen molar-refractivity contribution < 1.29 is 19.4 Å². The van der Waals surface area contributed by atoms with Crippen LogP contribution in [-0.2, 0) is 14.3 Å².